The van der Waals surface area contributed by atoms with E-state index in [2.05, 4.69) is 13.0 Å². The standard InChI is InChI=1S/C29H28O6/c1-5-6-20-15-23-18(2)28(35-29(23)26(16-20)33-4)21-10-13-24(25(17-21)32-3)34-27(31)14-9-19-7-11-22(30)12-8-19/h5-18,28,30H,1-4H3/b6-5+,14-9+/t18-,28-/m1/s1. The molecule has 2 atom stereocenters. The summed E-state index contributed by atoms with van der Waals surface area (Å²) >= 11 is 0. The fourth-order valence-electron chi connectivity index (χ4n) is 4.14. The van der Waals surface area contributed by atoms with Gasteiger partial charge in [0.15, 0.2) is 23.0 Å². The van der Waals surface area contributed by atoms with Crippen molar-refractivity contribution < 1.29 is 28.8 Å². The molecule has 0 aliphatic carbocycles. The summed E-state index contributed by atoms with van der Waals surface area (Å²) < 4.78 is 22.9. The number of allylic oxidation sites excluding steroid dienone is 1. The third-order valence-corrected chi connectivity index (χ3v) is 5.91. The fourth-order valence-corrected chi connectivity index (χ4v) is 4.14. The van der Waals surface area contributed by atoms with Crippen molar-refractivity contribution in [2.45, 2.75) is 25.9 Å². The summed E-state index contributed by atoms with van der Waals surface area (Å²) in [4.78, 5) is 12.4. The first-order valence-corrected chi connectivity index (χ1v) is 11.3. The van der Waals surface area contributed by atoms with Crippen molar-refractivity contribution in [1.29, 1.82) is 0 Å². The molecule has 0 fully saturated rings. The van der Waals surface area contributed by atoms with Crippen LogP contribution >= 0.6 is 0 Å². The Balaban J connectivity index is 1.54. The predicted molar refractivity (Wildman–Crippen MR) is 135 cm³/mol. The van der Waals surface area contributed by atoms with Crippen molar-refractivity contribution in [3.05, 3.63) is 89.0 Å². The third-order valence-electron chi connectivity index (χ3n) is 5.91. The molecule has 1 heterocycles. The first-order valence-electron chi connectivity index (χ1n) is 11.3. The Labute approximate surface area is 205 Å². The van der Waals surface area contributed by atoms with E-state index in [1.54, 1.807) is 43.5 Å². The number of rotatable bonds is 7. The van der Waals surface area contributed by atoms with Gasteiger partial charge in [0, 0.05) is 17.6 Å². The molecule has 35 heavy (non-hydrogen) atoms. The molecule has 0 amide bonds. The molecule has 180 valence electrons. The van der Waals surface area contributed by atoms with Gasteiger partial charge in [-0.25, -0.2) is 4.79 Å². The average Bonchev–Trinajstić information content (AvgIpc) is 3.20. The number of methoxy groups -OCH3 is 2. The lowest BCUT2D eigenvalue weighted by Gasteiger charge is -2.18. The van der Waals surface area contributed by atoms with E-state index in [9.17, 15) is 9.90 Å². The highest BCUT2D eigenvalue weighted by Crippen LogP contribution is 2.51. The molecule has 6 heteroatoms. The highest BCUT2D eigenvalue weighted by molar-refractivity contribution is 5.89. The zero-order chi connectivity index (χ0) is 24.9. The van der Waals surface area contributed by atoms with Crippen LogP contribution in [0.2, 0.25) is 0 Å². The minimum atomic E-state index is -0.539. The molecule has 6 nitrogen and oxygen atoms in total. The summed E-state index contributed by atoms with van der Waals surface area (Å²) in [5, 5.41) is 9.37. The van der Waals surface area contributed by atoms with Crippen molar-refractivity contribution in [3.63, 3.8) is 0 Å². The Kier molecular flexibility index (Phi) is 7.11. The number of fused-ring (bicyclic) bond motifs is 1. The van der Waals surface area contributed by atoms with Crippen LogP contribution in [0.5, 0.6) is 28.7 Å². The van der Waals surface area contributed by atoms with E-state index >= 15 is 0 Å². The number of carbonyl (C=O) groups is 1. The first kappa shape index (κ1) is 24.0. The molecule has 0 unspecified atom stereocenters. The van der Waals surface area contributed by atoms with Crippen LogP contribution in [0.25, 0.3) is 12.2 Å². The minimum Gasteiger partial charge on any atom is -0.508 e. The lowest BCUT2D eigenvalue weighted by molar-refractivity contribution is -0.129. The van der Waals surface area contributed by atoms with Gasteiger partial charge < -0.3 is 24.1 Å². The van der Waals surface area contributed by atoms with E-state index in [4.69, 9.17) is 18.9 Å². The molecule has 0 bridgehead atoms. The number of benzene rings is 3. The Morgan fingerprint density at radius 3 is 2.34 bits per heavy atom. The van der Waals surface area contributed by atoms with Crippen molar-refractivity contribution in [3.8, 4) is 28.7 Å². The van der Waals surface area contributed by atoms with Gasteiger partial charge in [-0.15, -0.1) is 0 Å². The highest BCUT2D eigenvalue weighted by atomic mass is 16.6. The Morgan fingerprint density at radius 2 is 1.66 bits per heavy atom. The fraction of sp³-hybridized carbons (Fsp3) is 0.207. The van der Waals surface area contributed by atoms with Gasteiger partial charge in [0.1, 0.15) is 11.9 Å². The van der Waals surface area contributed by atoms with Gasteiger partial charge in [0.25, 0.3) is 0 Å². The van der Waals surface area contributed by atoms with Crippen LogP contribution < -0.4 is 18.9 Å². The van der Waals surface area contributed by atoms with Crippen LogP contribution in [-0.4, -0.2) is 25.3 Å². The second-order valence-electron chi connectivity index (χ2n) is 8.22. The number of esters is 1. The van der Waals surface area contributed by atoms with Gasteiger partial charge in [-0.3, -0.25) is 0 Å². The van der Waals surface area contributed by atoms with E-state index in [0.29, 0.717) is 17.2 Å². The van der Waals surface area contributed by atoms with Crippen molar-refractivity contribution >= 4 is 18.1 Å². The molecule has 0 radical (unpaired) electrons. The number of phenolic OH excluding ortho intramolecular Hbond substituents is 1. The summed E-state index contributed by atoms with van der Waals surface area (Å²) in [7, 11) is 3.17. The average molecular weight is 473 g/mol. The second kappa shape index (κ2) is 10.4. The van der Waals surface area contributed by atoms with Crippen LogP contribution in [0.3, 0.4) is 0 Å². The van der Waals surface area contributed by atoms with Crippen LogP contribution in [0.4, 0.5) is 0 Å². The smallest absolute Gasteiger partial charge is 0.336 e. The molecule has 3 aromatic carbocycles. The maximum absolute atomic E-state index is 12.4. The molecule has 0 aromatic heterocycles. The molecule has 4 rings (SSSR count). The van der Waals surface area contributed by atoms with Crippen LogP contribution in [0.15, 0.2) is 66.7 Å². The zero-order valence-corrected chi connectivity index (χ0v) is 20.1. The normalized spacial score (nSPS) is 16.8. The molecule has 0 saturated carbocycles. The molecule has 3 aromatic rings. The van der Waals surface area contributed by atoms with E-state index in [-0.39, 0.29) is 17.8 Å². The largest absolute Gasteiger partial charge is 0.508 e. The summed E-state index contributed by atoms with van der Waals surface area (Å²) in [5.41, 5.74) is 3.80. The zero-order valence-electron chi connectivity index (χ0n) is 20.1. The lowest BCUT2D eigenvalue weighted by atomic mass is 9.91. The van der Waals surface area contributed by atoms with Gasteiger partial charge in [-0.2, -0.15) is 0 Å². The van der Waals surface area contributed by atoms with Crippen LogP contribution in [-0.2, 0) is 4.79 Å². The Hall–Kier alpha value is -4.19. The number of hydrogen-bond donors (Lipinski definition) is 1. The van der Waals surface area contributed by atoms with Crippen LogP contribution in [0, 0.1) is 0 Å². The number of ether oxygens (including phenoxy) is 4. The van der Waals surface area contributed by atoms with Gasteiger partial charge >= 0.3 is 5.97 Å². The summed E-state index contributed by atoms with van der Waals surface area (Å²) in [6.07, 6.45) is 6.72. The predicted octanol–water partition coefficient (Wildman–Crippen LogP) is 6.30. The topological polar surface area (TPSA) is 74.2 Å². The van der Waals surface area contributed by atoms with Gasteiger partial charge in [-0.1, -0.05) is 37.3 Å². The van der Waals surface area contributed by atoms with E-state index in [1.807, 2.05) is 37.3 Å². The molecule has 1 aliphatic rings. The Bertz CT molecular complexity index is 1270. The van der Waals surface area contributed by atoms with Crippen molar-refractivity contribution in [2.75, 3.05) is 14.2 Å². The second-order valence-corrected chi connectivity index (χ2v) is 8.22. The van der Waals surface area contributed by atoms with Gasteiger partial charge in [-0.05, 0) is 66.1 Å². The molecule has 1 N–H and O–H groups in total. The molecular weight excluding hydrogens is 444 g/mol. The molecular formula is C29H28O6. The minimum absolute atomic E-state index is 0.0791. The molecule has 1 aliphatic heterocycles. The van der Waals surface area contributed by atoms with Crippen molar-refractivity contribution in [1.82, 2.24) is 0 Å². The quantitative estimate of drug-likeness (QED) is 0.247. The maximum atomic E-state index is 12.4. The van der Waals surface area contributed by atoms with E-state index in [0.717, 1.165) is 28.0 Å². The monoisotopic (exact) mass is 472 g/mol. The van der Waals surface area contributed by atoms with E-state index in [1.165, 1.54) is 13.2 Å². The number of phenols is 1. The van der Waals surface area contributed by atoms with Gasteiger partial charge in [0.05, 0.1) is 14.2 Å². The maximum Gasteiger partial charge on any atom is 0.336 e. The highest BCUT2D eigenvalue weighted by Gasteiger charge is 2.35. The molecule has 0 spiro atoms. The number of carbonyl (C=O) groups excluding carboxylic acids is 1. The summed E-state index contributed by atoms with van der Waals surface area (Å²) in [6.45, 7) is 4.09. The molecule has 0 saturated heterocycles. The van der Waals surface area contributed by atoms with Crippen LogP contribution in [0.1, 0.15) is 48.1 Å². The van der Waals surface area contributed by atoms with Gasteiger partial charge in [0.2, 0.25) is 0 Å². The summed E-state index contributed by atoms with van der Waals surface area (Å²) in [6, 6.07) is 16.0. The Morgan fingerprint density at radius 1 is 0.914 bits per heavy atom. The summed E-state index contributed by atoms with van der Waals surface area (Å²) in [5.74, 6) is 1.89. The lowest BCUT2D eigenvalue weighted by Crippen LogP contribution is -2.09. The SMILES string of the molecule is C/C=C/c1cc(OC)c2c(c1)[C@@H](C)[C@H](c1ccc(OC(=O)/C=C/c3ccc(O)cc3)c(OC)c1)O2. The first-order chi connectivity index (χ1) is 16.9. The van der Waals surface area contributed by atoms with Crippen molar-refractivity contribution in [2.24, 2.45) is 0 Å². The number of aromatic hydroxyl groups is 1. The number of hydrogen-bond acceptors (Lipinski definition) is 6. The van der Waals surface area contributed by atoms with E-state index < -0.39 is 5.97 Å². The third kappa shape index (κ3) is 5.17.